The summed E-state index contributed by atoms with van der Waals surface area (Å²) < 4.78 is 0. The van der Waals surface area contributed by atoms with Gasteiger partial charge in [-0.2, -0.15) is 5.26 Å². The highest BCUT2D eigenvalue weighted by atomic mass is 14.2. The van der Waals surface area contributed by atoms with E-state index in [1.165, 1.54) is 11.1 Å². The maximum Gasteiger partial charge on any atom is 0.0991 e. The summed E-state index contributed by atoms with van der Waals surface area (Å²) in [5, 5.41) is 8.73. The highest BCUT2D eigenvalue weighted by Gasteiger charge is 1.97. The standard InChI is InChI=1S/C17H16N/c1-2-14-3-5-15(6-4-14)7-8-16-9-11-17(13-18)12-10-16/h3-6,8-12H,2,7H2,1H3. The van der Waals surface area contributed by atoms with Crippen LogP contribution in [0.2, 0.25) is 0 Å². The Kier molecular flexibility index (Phi) is 4.15. The van der Waals surface area contributed by atoms with Gasteiger partial charge in [0.15, 0.2) is 0 Å². The first-order valence-electron chi connectivity index (χ1n) is 6.23. The van der Waals surface area contributed by atoms with Crippen LogP contribution in [0.25, 0.3) is 0 Å². The van der Waals surface area contributed by atoms with Gasteiger partial charge >= 0.3 is 0 Å². The molecule has 0 aliphatic rings. The summed E-state index contributed by atoms with van der Waals surface area (Å²) >= 11 is 0. The third-order valence-electron chi connectivity index (χ3n) is 3.04. The summed E-state index contributed by atoms with van der Waals surface area (Å²) in [7, 11) is 0. The van der Waals surface area contributed by atoms with Crippen LogP contribution in [0.3, 0.4) is 0 Å². The molecule has 0 saturated carbocycles. The van der Waals surface area contributed by atoms with Gasteiger partial charge in [0.05, 0.1) is 11.6 Å². The Hall–Kier alpha value is -2.07. The first kappa shape index (κ1) is 12.4. The van der Waals surface area contributed by atoms with E-state index in [1.807, 2.05) is 24.3 Å². The zero-order valence-electron chi connectivity index (χ0n) is 10.6. The fourth-order valence-corrected chi connectivity index (χ4v) is 1.84. The highest BCUT2D eigenvalue weighted by molar-refractivity contribution is 5.35. The van der Waals surface area contributed by atoms with E-state index in [2.05, 4.69) is 43.7 Å². The van der Waals surface area contributed by atoms with E-state index in [1.54, 1.807) is 0 Å². The van der Waals surface area contributed by atoms with Gasteiger partial charge in [-0.25, -0.2) is 0 Å². The second-order valence-electron chi connectivity index (χ2n) is 4.31. The smallest absolute Gasteiger partial charge is 0.0991 e. The molecule has 0 amide bonds. The molecule has 0 heterocycles. The van der Waals surface area contributed by atoms with Crippen LogP contribution in [0.5, 0.6) is 0 Å². The average molecular weight is 234 g/mol. The SMILES string of the molecule is CCc1ccc(C[CH]c2ccc(C#N)cc2)cc1. The van der Waals surface area contributed by atoms with Gasteiger partial charge in [-0.3, -0.25) is 0 Å². The lowest BCUT2D eigenvalue weighted by molar-refractivity contribution is 1.11. The zero-order valence-corrected chi connectivity index (χ0v) is 10.6. The van der Waals surface area contributed by atoms with Gasteiger partial charge in [0.25, 0.3) is 0 Å². The van der Waals surface area contributed by atoms with Crippen LogP contribution in [0.4, 0.5) is 0 Å². The van der Waals surface area contributed by atoms with E-state index in [4.69, 9.17) is 5.26 Å². The third kappa shape index (κ3) is 3.21. The van der Waals surface area contributed by atoms with E-state index < -0.39 is 0 Å². The molecular formula is C17H16N. The summed E-state index contributed by atoms with van der Waals surface area (Å²) in [5.41, 5.74) is 4.56. The second kappa shape index (κ2) is 6.02. The molecule has 18 heavy (non-hydrogen) atoms. The predicted molar refractivity (Wildman–Crippen MR) is 74.1 cm³/mol. The molecule has 1 radical (unpaired) electrons. The van der Waals surface area contributed by atoms with Crippen LogP contribution in [-0.2, 0) is 12.8 Å². The Morgan fingerprint density at radius 1 is 0.944 bits per heavy atom. The van der Waals surface area contributed by atoms with Crippen LogP contribution < -0.4 is 0 Å². The molecule has 2 rings (SSSR count). The molecule has 0 bridgehead atoms. The van der Waals surface area contributed by atoms with Crippen molar-refractivity contribution in [2.24, 2.45) is 0 Å². The quantitative estimate of drug-likeness (QED) is 0.786. The number of rotatable bonds is 4. The van der Waals surface area contributed by atoms with Crippen molar-refractivity contribution in [2.45, 2.75) is 19.8 Å². The number of nitrogens with zero attached hydrogens (tertiary/aromatic N) is 1. The lowest BCUT2D eigenvalue weighted by atomic mass is 10.0. The fourth-order valence-electron chi connectivity index (χ4n) is 1.84. The fraction of sp³-hybridized carbons (Fsp3) is 0.176. The van der Waals surface area contributed by atoms with Crippen molar-refractivity contribution in [3.8, 4) is 6.07 Å². The molecule has 1 heteroatoms. The monoisotopic (exact) mass is 234 g/mol. The summed E-state index contributed by atoms with van der Waals surface area (Å²) in [6.07, 6.45) is 4.19. The maximum absolute atomic E-state index is 8.73. The molecule has 0 aromatic heterocycles. The van der Waals surface area contributed by atoms with Crippen LogP contribution in [-0.4, -0.2) is 0 Å². The van der Waals surface area contributed by atoms with Gasteiger partial charge in [-0.05, 0) is 48.1 Å². The van der Waals surface area contributed by atoms with Gasteiger partial charge in [-0.1, -0.05) is 43.3 Å². The Morgan fingerprint density at radius 3 is 2.11 bits per heavy atom. The Balaban J connectivity index is 1.95. The van der Waals surface area contributed by atoms with Crippen molar-refractivity contribution in [1.29, 1.82) is 5.26 Å². The summed E-state index contributed by atoms with van der Waals surface area (Å²) in [4.78, 5) is 0. The first-order valence-corrected chi connectivity index (χ1v) is 6.23. The number of nitriles is 1. The van der Waals surface area contributed by atoms with Gasteiger partial charge < -0.3 is 0 Å². The summed E-state index contributed by atoms with van der Waals surface area (Å²) in [6.45, 7) is 2.16. The maximum atomic E-state index is 8.73. The number of benzene rings is 2. The molecule has 1 nitrogen and oxygen atoms in total. The molecule has 2 aromatic carbocycles. The number of hydrogen-bond acceptors (Lipinski definition) is 1. The van der Waals surface area contributed by atoms with Crippen molar-refractivity contribution in [3.63, 3.8) is 0 Å². The molecular weight excluding hydrogens is 218 g/mol. The van der Waals surface area contributed by atoms with Crippen molar-refractivity contribution >= 4 is 0 Å². The molecule has 0 N–H and O–H groups in total. The molecule has 89 valence electrons. The Labute approximate surface area is 109 Å². The van der Waals surface area contributed by atoms with E-state index in [0.29, 0.717) is 5.56 Å². The van der Waals surface area contributed by atoms with Crippen molar-refractivity contribution in [2.75, 3.05) is 0 Å². The Morgan fingerprint density at radius 2 is 1.56 bits per heavy atom. The normalized spacial score (nSPS) is 10.0. The molecule has 0 aliphatic heterocycles. The van der Waals surface area contributed by atoms with Crippen LogP contribution in [0.15, 0.2) is 48.5 Å². The van der Waals surface area contributed by atoms with Crippen molar-refractivity contribution in [1.82, 2.24) is 0 Å². The predicted octanol–water partition coefficient (Wildman–Crippen LogP) is 3.92. The summed E-state index contributed by atoms with van der Waals surface area (Å²) in [5.74, 6) is 0. The molecule has 0 aliphatic carbocycles. The molecule has 0 saturated heterocycles. The van der Waals surface area contributed by atoms with Gasteiger partial charge in [-0.15, -0.1) is 0 Å². The van der Waals surface area contributed by atoms with E-state index >= 15 is 0 Å². The van der Waals surface area contributed by atoms with Crippen LogP contribution in [0.1, 0.15) is 29.2 Å². The summed E-state index contributed by atoms with van der Waals surface area (Å²) in [6, 6.07) is 18.5. The lowest BCUT2D eigenvalue weighted by Gasteiger charge is -2.03. The largest absolute Gasteiger partial charge is 0.192 e. The van der Waals surface area contributed by atoms with E-state index in [9.17, 15) is 0 Å². The Bertz CT molecular complexity index is 529. The topological polar surface area (TPSA) is 23.8 Å². The first-order chi connectivity index (χ1) is 8.81. The minimum Gasteiger partial charge on any atom is -0.192 e. The van der Waals surface area contributed by atoms with Gasteiger partial charge in [0, 0.05) is 0 Å². The molecule has 0 spiro atoms. The van der Waals surface area contributed by atoms with Crippen molar-refractivity contribution < 1.29 is 0 Å². The third-order valence-corrected chi connectivity index (χ3v) is 3.04. The second-order valence-corrected chi connectivity index (χ2v) is 4.31. The zero-order chi connectivity index (χ0) is 12.8. The number of hydrogen-bond donors (Lipinski definition) is 0. The molecule has 2 aromatic rings. The minimum atomic E-state index is 0.708. The molecule has 0 atom stereocenters. The molecule has 0 fully saturated rings. The lowest BCUT2D eigenvalue weighted by Crippen LogP contribution is -1.89. The average Bonchev–Trinajstić information content (AvgIpc) is 2.46. The van der Waals surface area contributed by atoms with Gasteiger partial charge in [0.1, 0.15) is 0 Å². The van der Waals surface area contributed by atoms with Gasteiger partial charge in [0.2, 0.25) is 0 Å². The van der Waals surface area contributed by atoms with E-state index in [0.717, 1.165) is 18.4 Å². The van der Waals surface area contributed by atoms with E-state index in [-0.39, 0.29) is 0 Å². The number of aryl methyl sites for hydroxylation is 1. The van der Waals surface area contributed by atoms with Crippen molar-refractivity contribution in [3.05, 3.63) is 77.2 Å². The minimum absolute atomic E-state index is 0.708. The highest BCUT2D eigenvalue weighted by Crippen LogP contribution is 2.12. The van der Waals surface area contributed by atoms with Crippen LogP contribution >= 0.6 is 0 Å². The van der Waals surface area contributed by atoms with Crippen LogP contribution in [0, 0.1) is 17.8 Å². The molecule has 0 unspecified atom stereocenters.